The zero-order valence-corrected chi connectivity index (χ0v) is 11.8. The highest BCUT2D eigenvalue weighted by Gasteiger charge is 2.34. The van der Waals surface area contributed by atoms with Gasteiger partial charge in [-0.1, -0.05) is 25.1 Å². The summed E-state index contributed by atoms with van der Waals surface area (Å²) in [6.07, 6.45) is 5.17. The Morgan fingerprint density at radius 2 is 2.12 bits per heavy atom. The molecule has 4 unspecified atom stereocenters. The van der Waals surface area contributed by atoms with Crippen LogP contribution in [0.25, 0.3) is 0 Å². The van der Waals surface area contributed by atoms with Crippen molar-refractivity contribution in [1.29, 1.82) is 0 Å². The van der Waals surface area contributed by atoms with Crippen LogP contribution in [0.4, 0.5) is 0 Å². The molecular weight excluding hydrogens is 248 g/mol. The minimum Gasteiger partial charge on any atom is -0.123 e. The SMILES string of the molecule is CC1C(Cl)CCC1CC1Cc2ccccc2S1. The maximum absolute atomic E-state index is 6.33. The number of hydrogen-bond donors (Lipinski definition) is 0. The van der Waals surface area contributed by atoms with Gasteiger partial charge in [0.2, 0.25) is 0 Å². The van der Waals surface area contributed by atoms with Crippen molar-refractivity contribution >= 4 is 23.4 Å². The van der Waals surface area contributed by atoms with Crippen LogP contribution >= 0.6 is 23.4 Å². The molecule has 0 nitrogen and oxygen atoms in total. The summed E-state index contributed by atoms with van der Waals surface area (Å²) in [6.45, 7) is 2.34. The van der Waals surface area contributed by atoms with Crippen molar-refractivity contribution in [3.05, 3.63) is 29.8 Å². The number of alkyl halides is 1. The first kappa shape index (κ1) is 11.9. The van der Waals surface area contributed by atoms with Crippen molar-refractivity contribution in [3.8, 4) is 0 Å². The molecule has 0 radical (unpaired) electrons. The average molecular weight is 267 g/mol. The average Bonchev–Trinajstić information content (AvgIpc) is 2.87. The molecule has 17 heavy (non-hydrogen) atoms. The number of hydrogen-bond acceptors (Lipinski definition) is 1. The first-order chi connectivity index (χ1) is 8.24. The third kappa shape index (κ3) is 2.37. The van der Waals surface area contributed by atoms with E-state index in [2.05, 4.69) is 43.0 Å². The number of benzene rings is 1. The monoisotopic (exact) mass is 266 g/mol. The second-order valence-electron chi connectivity index (χ2n) is 5.50. The Morgan fingerprint density at radius 1 is 1.29 bits per heavy atom. The zero-order valence-electron chi connectivity index (χ0n) is 10.2. The molecule has 1 heterocycles. The number of thioether (sulfide) groups is 1. The van der Waals surface area contributed by atoms with Gasteiger partial charge in [-0.25, -0.2) is 0 Å². The second kappa shape index (κ2) is 4.85. The third-order valence-corrected chi connectivity index (χ3v) is 6.37. The van der Waals surface area contributed by atoms with E-state index < -0.39 is 0 Å². The molecule has 2 aliphatic rings. The van der Waals surface area contributed by atoms with E-state index in [1.54, 1.807) is 5.56 Å². The fraction of sp³-hybridized carbons (Fsp3) is 0.600. The van der Waals surface area contributed by atoms with E-state index in [9.17, 15) is 0 Å². The standard InChI is InChI=1S/C15H19ClS/c1-10-11(6-7-14(10)16)8-13-9-12-4-2-3-5-15(12)17-13/h2-5,10-11,13-14H,6-9H2,1H3. The van der Waals surface area contributed by atoms with Crippen LogP contribution in [0.1, 0.15) is 31.7 Å². The van der Waals surface area contributed by atoms with E-state index in [1.165, 1.54) is 30.6 Å². The zero-order chi connectivity index (χ0) is 11.8. The highest BCUT2D eigenvalue weighted by Crippen LogP contribution is 2.44. The Hall–Kier alpha value is -0.140. The molecule has 92 valence electrons. The topological polar surface area (TPSA) is 0 Å². The Balaban J connectivity index is 1.62. The van der Waals surface area contributed by atoms with Crippen LogP contribution in [0.5, 0.6) is 0 Å². The fourth-order valence-electron chi connectivity index (χ4n) is 3.25. The predicted octanol–water partition coefficient (Wildman–Crippen LogP) is 4.75. The van der Waals surface area contributed by atoms with Gasteiger partial charge in [-0.05, 0) is 49.1 Å². The lowest BCUT2D eigenvalue weighted by atomic mass is 9.91. The summed E-state index contributed by atoms with van der Waals surface area (Å²) in [5.74, 6) is 1.56. The molecule has 4 atom stereocenters. The third-order valence-electron chi connectivity index (χ3n) is 4.41. The van der Waals surface area contributed by atoms with Crippen molar-refractivity contribution < 1.29 is 0 Å². The normalized spacial score (nSPS) is 36.1. The maximum Gasteiger partial charge on any atom is 0.0364 e. The van der Waals surface area contributed by atoms with Crippen molar-refractivity contribution in [2.24, 2.45) is 11.8 Å². The Bertz CT molecular complexity index is 379. The van der Waals surface area contributed by atoms with E-state index in [4.69, 9.17) is 11.6 Å². The summed E-state index contributed by atoms with van der Waals surface area (Å²) < 4.78 is 0. The summed E-state index contributed by atoms with van der Waals surface area (Å²) in [6, 6.07) is 8.86. The number of fused-ring (bicyclic) bond motifs is 1. The van der Waals surface area contributed by atoms with Gasteiger partial charge in [0.25, 0.3) is 0 Å². The molecule has 3 rings (SSSR count). The molecule has 1 aliphatic carbocycles. The van der Waals surface area contributed by atoms with Crippen LogP contribution in [-0.4, -0.2) is 10.6 Å². The summed E-state index contributed by atoms with van der Waals surface area (Å²) in [5, 5.41) is 1.22. The van der Waals surface area contributed by atoms with Crippen molar-refractivity contribution in [2.45, 2.75) is 48.1 Å². The predicted molar refractivity (Wildman–Crippen MR) is 75.9 cm³/mol. The molecule has 0 amide bonds. The highest BCUT2D eigenvalue weighted by atomic mass is 35.5. The van der Waals surface area contributed by atoms with Gasteiger partial charge in [0, 0.05) is 15.5 Å². The molecule has 1 aromatic rings. The van der Waals surface area contributed by atoms with E-state index in [0.717, 1.165) is 11.2 Å². The largest absolute Gasteiger partial charge is 0.123 e. The molecule has 0 aromatic heterocycles. The van der Waals surface area contributed by atoms with Crippen LogP contribution < -0.4 is 0 Å². The number of halogens is 1. The lowest BCUT2D eigenvalue weighted by molar-refractivity contribution is 0.390. The van der Waals surface area contributed by atoms with Crippen molar-refractivity contribution in [1.82, 2.24) is 0 Å². The van der Waals surface area contributed by atoms with E-state index >= 15 is 0 Å². The van der Waals surface area contributed by atoms with Gasteiger partial charge in [-0.3, -0.25) is 0 Å². The fourth-order valence-corrected chi connectivity index (χ4v) is 5.01. The van der Waals surface area contributed by atoms with Crippen LogP contribution in [0.3, 0.4) is 0 Å². The molecule has 1 fully saturated rings. The summed E-state index contributed by atoms with van der Waals surface area (Å²) in [7, 11) is 0. The van der Waals surface area contributed by atoms with E-state index in [-0.39, 0.29) is 0 Å². The van der Waals surface area contributed by atoms with Gasteiger partial charge in [0.05, 0.1) is 0 Å². The van der Waals surface area contributed by atoms with Crippen LogP contribution in [0.2, 0.25) is 0 Å². The van der Waals surface area contributed by atoms with Crippen LogP contribution in [0.15, 0.2) is 29.2 Å². The van der Waals surface area contributed by atoms with Gasteiger partial charge in [-0.2, -0.15) is 0 Å². The molecule has 0 bridgehead atoms. The summed E-state index contributed by atoms with van der Waals surface area (Å²) in [4.78, 5) is 1.51. The lowest BCUT2D eigenvalue weighted by Gasteiger charge is -2.20. The second-order valence-corrected chi connectivity index (χ2v) is 7.40. The molecule has 2 heteroatoms. The first-order valence-electron chi connectivity index (χ1n) is 6.62. The maximum atomic E-state index is 6.33. The molecule has 1 aromatic carbocycles. The Labute approximate surface area is 113 Å². The van der Waals surface area contributed by atoms with Gasteiger partial charge in [-0.15, -0.1) is 23.4 Å². The Kier molecular flexibility index (Phi) is 3.40. The summed E-state index contributed by atoms with van der Waals surface area (Å²) in [5.41, 5.74) is 1.55. The van der Waals surface area contributed by atoms with Crippen molar-refractivity contribution in [3.63, 3.8) is 0 Å². The molecule has 0 N–H and O–H groups in total. The van der Waals surface area contributed by atoms with Gasteiger partial charge < -0.3 is 0 Å². The van der Waals surface area contributed by atoms with Crippen LogP contribution in [-0.2, 0) is 6.42 Å². The molecule has 0 spiro atoms. The molecule has 0 saturated heterocycles. The first-order valence-corrected chi connectivity index (χ1v) is 7.94. The number of rotatable bonds is 2. The molecular formula is C15H19ClS. The van der Waals surface area contributed by atoms with Gasteiger partial charge in [0.1, 0.15) is 0 Å². The lowest BCUT2D eigenvalue weighted by Crippen LogP contribution is -2.16. The van der Waals surface area contributed by atoms with Gasteiger partial charge in [0.15, 0.2) is 0 Å². The summed E-state index contributed by atoms with van der Waals surface area (Å²) >= 11 is 8.41. The minimum absolute atomic E-state index is 0.425. The smallest absolute Gasteiger partial charge is 0.0364 e. The Morgan fingerprint density at radius 3 is 2.82 bits per heavy atom. The minimum atomic E-state index is 0.425. The molecule has 1 saturated carbocycles. The van der Waals surface area contributed by atoms with Crippen LogP contribution in [0, 0.1) is 11.8 Å². The van der Waals surface area contributed by atoms with Crippen molar-refractivity contribution in [2.75, 3.05) is 0 Å². The quantitative estimate of drug-likeness (QED) is 0.697. The van der Waals surface area contributed by atoms with Gasteiger partial charge >= 0.3 is 0 Å². The highest BCUT2D eigenvalue weighted by molar-refractivity contribution is 8.00. The van der Waals surface area contributed by atoms with E-state index in [0.29, 0.717) is 11.3 Å². The molecule has 1 aliphatic heterocycles. The van der Waals surface area contributed by atoms with E-state index in [1.807, 2.05) is 0 Å².